The van der Waals surface area contributed by atoms with Gasteiger partial charge in [0.2, 0.25) is 5.91 Å². The lowest BCUT2D eigenvalue weighted by molar-refractivity contribution is -0.124. The van der Waals surface area contributed by atoms with E-state index >= 15 is 0 Å². The molecule has 21 heavy (non-hydrogen) atoms. The molecule has 5 nitrogen and oxygen atoms in total. The van der Waals surface area contributed by atoms with Gasteiger partial charge in [0.1, 0.15) is 0 Å². The maximum absolute atomic E-state index is 12.4. The van der Waals surface area contributed by atoms with Crippen LogP contribution in [0.15, 0.2) is 12.1 Å². The third kappa shape index (κ3) is 3.80. The number of nitrogens with zero attached hydrogens (tertiary/aromatic N) is 1. The molecule has 0 aliphatic carbocycles. The van der Waals surface area contributed by atoms with E-state index in [1.165, 1.54) is 0 Å². The fourth-order valence-electron chi connectivity index (χ4n) is 2.41. The molecule has 1 aliphatic heterocycles. The summed E-state index contributed by atoms with van der Waals surface area (Å²) in [6.45, 7) is 5.87. The first kappa shape index (κ1) is 16.4. The number of carbonyl (C=O) groups is 1. The molecular weight excluding hydrogens is 313 g/mol. The van der Waals surface area contributed by atoms with Crippen molar-refractivity contribution in [1.29, 1.82) is 0 Å². The molecule has 7 heteroatoms. The molecule has 3 N–H and O–H groups in total. The van der Waals surface area contributed by atoms with Gasteiger partial charge in [-0.15, -0.1) is 0 Å². The highest BCUT2D eigenvalue weighted by Crippen LogP contribution is 2.33. The zero-order chi connectivity index (χ0) is 15.6. The van der Waals surface area contributed by atoms with E-state index in [9.17, 15) is 4.79 Å². The molecule has 2 rings (SSSR count). The monoisotopic (exact) mass is 331 g/mol. The summed E-state index contributed by atoms with van der Waals surface area (Å²) in [7, 11) is 0. The first-order chi connectivity index (χ1) is 9.90. The summed E-state index contributed by atoms with van der Waals surface area (Å²) in [6, 6.07) is 3.02. The van der Waals surface area contributed by atoms with Crippen molar-refractivity contribution in [2.75, 3.05) is 30.8 Å². The molecule has 116 valence electrons. The van der Waals surface area contributed by atoms with Crippen LogP contribution in [0.2, 0.25) is 10.0 Å². The molecule has 2 atom stereocenters. The molecule has 0 aromatic heterocycles. The lowest BCUT2D eigenvalue weighted by Crippen LogP contribution is -2.52. The Bertz CT molecular complexity index is 516. The SMILES string of the molecule is CC1COCCN1C(C)C(=O)Nc1c(Cl)cc(N)cc1Cl. The predicted octanol–water partition coefficient (Wildman–Crippen LogP) is 2.62. The summed E-state index contributed by atoms with van der Waals surface area (Å²) >= 11 is 12.2. The van der Waals surface area contributed by atoms with Crippen LogP contribution in [-0.2, 0) is 9.53 Å². The van der Waals surface area contributed by atoms with E-state index in [2.05, 4.69) is 10.2 Å². The molecular formula is C14H19Cl2N3O2. The van der Waals surface area contributed by atoms with Gasteiger partial charge in [-0.1, -0.05) is 23.2 Å². The summed E-state index contributed by atoms with van der Waals surface area (Å²) in [6.07, 6.45) is 0. The van der Waals surface area contributed by atoms with Gasteiger partial charge in [0.15, 0.2) is 0 Å². The predicted molar refractivity (Wildman–Crippen MR) is 86.0 cm³/mol. The van der Waals surface area contributed by atoms with Gasteiger partial charge in [0, 0.05) is 18.3 Å². The van der Waals surface area contributed by atoms with Crippen LogP contribution in [0.4, 0.5) is 11.4 Å². The molecule has 1 aromatic carbocycles. The Morgan fingerprint density at radius 3 is 2.67 bits per heavy atom. The van der Waals surface area contributed by atoms with Crippen LogP contribution in [-0.4, -0.2) is 42.6 Å². The fourth-order valence-corrected chi connectivity index (χ4v) is 3.00. The van der Waals surface area contributed by atoms with Crippen molar-refractivity contribution in [1.82, 2.24) is 4.90 Å². The van der Waals surface area contributed by atoms with Crippen molar-refractivity contribution in [3.8, 4) is 0 Å². The number of ether oxygens (including phenoxy) is 1. The van der Waals surface area contributed by atoms with E-state index in [0.717, 1.165) is 6.54 Å². The molecule has 1 aromatic rings. The van der Waals surface area contributed by atoms with Crippen LogP contribution in [0, 0.1) is 0 Å². The zero-order valence-electron chi connectivity index (χ0n) is 12.0. The van der Waals surface area contributed by atoms with Crippen molar-refractivity contribution in [3.05, 3.63) is 22.2 Å². The van der Waals surface area contributed by atoms with Gasteiger partial charge < -0.3 is 15.8 Å². The summed E-state index contributed by atoms with van der Waals surface area (Å²) in [4.78, 5) is 14.5. The fraction of sp³-hybridized carbons (Fsp3) is 0.500. The van der Waals surface area contributed by atoms with Gasteiger partial charge in [-0.25, -0.2) is 0 Å². The van der Waals surface area contributed by atoms with Crippen molar-refractivity contribution >= 4 is 40.5 Å². The first-order valence-electron chi connectivity index (χ1n) is 6.79. The van der Waals surface area contributed by atoms with E-state index < -0.39 is 0 Å². The third-order valence-corrected chi connectivity index (χ3v) is 4.20. The molecule has 0 spiro atoms. The molecule has 1 fully saturated rings. The van der Waals surface area contributed by atoms with Gasteiger partial charge in [-0.05, 0) is 26.0 Å². The van der Waals surface area contributed by atoms with Gasteiger partial charge in [-0.2, -0.15) is 0 Å². The second kappa shape index (κ2) is 6.83. The minimum Gasteiger partial charge on any atom is -0.399 e. The summed E-state index contributed by atoms with van der Waals surface area (Å²) in [5, 5.41) is 3.44. The quantitative estimate of drug-likeness (QED) is 0.835. The molecule has 0 bridgehead atoms. The summed E-state index contributed by atoms with van der Waals surface area (Å²) < 4.78 is 5.38. The average Bonchev–Trinajstić information content (AvgIpc) is 2.42. The molecule has 1 saturated heterocycles. The van der Waals surface area contributed by atoms with E-state index in [0.29, 0.717) is 34.6 Å². The van der Waals surface area contributed by atoms with Crippen LogP contribution in [0.5, 0.6) is 0 Å². The number of halogens is 2. The second-order valence-electron chi connectivity index (χ2n) is 5.19. The highest BCUT2D eigenvalue weighted by Gasteiger charge is 2.28. The van der Waals surface area contributed by atoms with Crippen LogP contribution in [0.3, 0.4) is 0 Å². The standard InChI is InChI=1S/C14H19Cl2N3O2/c1-8-7-21-4-3-19(8)9(2)14(20)18-13-11(15)5-10(17)6-12(13)16/h5-6,8-9H,3-4,7,17H2,1-2H3,(H,18,20). The number of benzene rings is 1. The molecule has 1 aliphatic rings. The molecule has 0 radical (unpaired) electrons. The molecule has 0 saturated carbocycles. The van der Waals surface area contributed by atoms with Crippen LogP contribution < -0.4 is 11.1 Å². The molecule has 1 amide bonds. The van der Waals surface area contributed by atoms with Crippen LogP contribution in [0.1, 0.15) is 13.8 Å². The molecule has 2 unspecified atom stereocenters. The Labute approximate surface area is 134 Å². The minimum atomic E-state index is -0.298. The Morgan fingerprint density at radius 1 is 1.48 bits per heavy atom. The number of nitrogens with one attached hydrogen (secondary N) is 1. The second-order valence-corrected chi connectivity index (χ2v) is 6.00. The number of hydrogen-bond acceptors (Lipinski definition) is 4. The number of amides is 1. The Balaban J connectivity index is 2.10. The largest absolute Gasteiger partial charge is 0.399 e. The third-order valence-electron chi connectivity index (χ3n) is 3.61. The van der Waals surface area contributed by atoms with Crippen LogP contribution in [0.25, 0.3) is 0 Å². The van der Waals surface area contributed by atoms with E-state index in [4.69, 9.17) is 33.7 Å². The van der Waals surface area contributed by atoms with Crippen molar-refractivity contribution in [2.24, 2.45) is 0 Å². The van der Waals surface area contributed by atoms with Gasteiger partial charge in [0.25, 0.3) is 0 Å². The number of hydrogen-bond donors (Lipinski definition) is 2. The smallest absolute Gasteiger partial charge is 0.241 e. The number of rotatable bonds is 3. The summed E-state index contributed by atoms with van der Waals surface area (Å²) in [5.41, 5.74) is 6.50. The Kier molecular flexibility index (Phi) is 5.32. The number of nitrogens with two attached hydrogens (primary N) is 1. The number of morpholine rings is 1. The van der Waals surface area contributed by atoms with E-state index in [-0.39, 0.29) is 18.0 Å². The van der Waals surface area contributed by atoms with E-state index in [1.807, 2.05) is 13.8 Å². The highest BCUT2D eigenvalue weighted by molar-refractivity contribution is 6.40. The maximum atomic E-state index is 12.4. The van der Waals surface area contributed by atoms with Crippen molar-refractivity contribution in [3.63, 3.8) is 0 Å². The lowest BCUT2D eigenvalue weighted by atomic mass is 10.1. The van der Waals surface area contributed by atoms with E-state index in [1.54, 1.807) is 12.1 Å². The normalized spacial score (nSPS) is 21.0. The lowest BCUT2D eigenvalue weighted by Gasteiger charge is -2.37. The Morgan fingerprint density at radius 2 is 2.10 bits per heavy atom. The van der Waals surface area contributed by atoms with Crippen LogP contribution >= 0.6 is 23.2 Å². The minimum absolute atomic E-state index is 0.155. The van der Waals surface area contributed by atoms with Gasteiger partial charge >= 0.3 is 0 Å². The first-order valence-corrected chi connectivity index (χ1v) is 7.54. The van der Waals surface area contributed by atoms with Crippen molar-refractivity contribution < 1.29 is 9.53 Å². The zero-order valence-corrected chi connectivity index (χ0v) is 13.5. The van der Waals surface area contributed by atoms with Gasteiger partial charge in [0.05, 0.1) is 35.0 Å². The number of nitrogen functional groups attached to an aromatic ring is 1. The van der Waals surface area contributed by atoms with Crippen molar-refractivity contribution in [2.45, 2.75) is 25.9 Å². The molecule has 1 heterocycles. The average molecular weight is 332 g/mol. The maximum Gasteiger partial charge on any atom is 0.241 e. The number of anilines is 2. The Hall–Kier alpha value is -1.01. The van der Waals surface area contributed by atoms with Gasteiger partial charge in [-0.3, -0.25) is 9.69 Å². The summed E-state index contributed by atoms with van der Waals surface area (Å²) in [5.74, 6) is -0.155. The number of carbonyl (C=O) groups excluding carboxylic acids is 1. The topological polar surface area (TPSA) is 67.6 Å². The highest BCUT2D eigenvalue weighted by atomic mass is 35.5.